The van der Waals surface area contributed by atoms with E-state index in [0.717, 1.165) is 25.7 Å². The van der Waals surface area contributed by atoms with Crippen molar-refractivity contribution < 1.29 is 22.7 Å². The third kappa shape index (κ3) is 5.82. The second kappa shape index (κ2) is 7.09. The van der Waals surface area contributed by atoms with E-state index in [2.05, 4.69) is 0 Å². The standard InChI is InChI=1S/C12H22O5S/c1-16-12(13)10-4-6-11(7-5-10)17-8-3-9-18(2,14)15/h10-11H,3-9H2,1-2H3. The van der Waals surface area contributed by atoms with E-state index in [-0.39, 0.29) is 23.7 Å². The lowest BCUT2D eigenvalue weighted by atomic mass is 9.87. The van der Waals surface area contributed by atoms with Gasteiger partial charge in [-0.2, -0.15) is 0 Å². The Balaban J connectivity index is 2.14. The van der Waals surface area contributed by atoms with Crippen LogP contribution in [-0.2, 0) is 24.1 Å². The number of ether oxygens (including phenoxy) is 2. The summed E-state index contributed by atoms with van der Waals surface area (Å²) >= 11 is 0. The molecule has 0 N–H and O–H groups in total. The number of methoxy groups -OCH3 is 1. The molecule has 0 aromatic heterocycles. The quantitative estimate of drug-likeness (QED) is 0.539. The van der Waals surface area contributed by atoms with Crippen molar-refractivity contribution in [1.82, 2.24) is 0 Å². The van der Waals surface area contributed by atoms with Crippen molar-refractivity contribution in [2.24, 2.45) is 5.92 Å². The van der Waals surface area contributed by atoms with Gasteiger partial charge >= 0.3 is 5.97 Å². The lowest BCUT2D eigenvalue weighted by Gasteiger charge is -2.26. The van der Waals surface area contributed by atoms with Gasteiger partial charge in [0.15, 0.2) is 0 Å². The van der Waals surface area contributed by atoms with Gasteiger partial charge in [-0.05, 0) is 32.1 Å². The van der Waals surface area contributed by atoms with Crippen LogP contribution in [0.15, 0.2) is 0 Å². The summed E-state index contributed by atoms with van der Waals surface area (Å²) in [5, 5.41) is 0. The SMILES string of the molecule is COC(=O)C1CCC(OCCCS(C)(=O)=O)CC1. The number of rotatable bonds is 6. The van der Waals surface area contributed by atoms with Gasteiger partial charge in [0.25, 0.3) is 0 Å². The molecule has 0 atom stereocenters. The minimum absolute atomic E-state index is 0.00543. The molecular formula is C12H22O5S. The molecule has 0 aliphatic heterocycles. The molecule has 0 bridgehead atoms. The van der Waals surface area contributed by atoms with Gasteiger partial charge in [0, 0.05) is 12.9 Å². The zero-order chi connectivity index (χ0) is 13.6. The predicted octanol–water partition coefficient (Wildman–Crippen LogP) is 1.17. The number of esters is 1. The second-order valence-electron chi connectivity index (χ2n) is 4.85. The summed E-state index contributed by atoms with van der Waals surface area (Å²) in [5.74, 6) is 0.0428. The highest BCUT2D eigenvalue weighted by Crippen LogP contribution is 2.27. The molecular weight excluding hydrogens is 256 g/mol. The maximum absolute atomic E-state index is 11.3. The third-order valence-electron chi connectivity index (χ3n) is 3.22. The number of sulfone groups is 1. The van der Waals surface area contributed by atoms with Crippen molar-refractivity contribution in [2.45, 2.75) is 38.2 Å². The van der Waals surface area contributed by atoms with E-state index >= 15 is 0 Å². The summed E-state index contributed by atoms with van der Waals surface area (Å²) in [6.07, 6.45) is 5.21. The molecule has 1 aliphatic rings. The van der Waals surface area contributed by atoms with Crippen LogP contribution in [0.2, 0.25) is 0 Å². The summed E-state index contributed by atoms with van der Waals surface area (Å²) in [6, 6.07) is 0. The minimum Gasteiger partial charge on any atom is -0.469 e. The van der Waals surface area contributed by atoms with Crippen LogP contribution in [0.5, 0.6) is 0 Å². The van der Waals surface area contributed by atoms with E-state index in [1.807, 2.05) is 0 Å². The molecule has 6 heteroatoms. The molecule has 0 spiro atoms. The fraction of sp³-hybridized carbons (Fsp3) is 0.917. The van der Waals surface area contributed by atoms with Crippen molar-refractivity contribution in [3.05, 3.63) is 0 Å². The fourth-order valence-corrected chi connectivity index (χ4v) is 2.85. The first-order chi connectivity index (χ1) is 8.42. The lowest BCUT2D eigenvalue weighted by molar-refractivity contribution is -0.147. The normalized spacial score (nSPS) is 24.8. The van der Waals surface area contributed by atoms with Gasteiger partial charge in [0.05, 0.1) is 24.9 Å². The van der Waals surface area contributed by atoms with Gasteiger partial charge in [-0.25, -0.2) is 8.42 Å². The first-order valence-electron chi connectivity index (χ1n) is 6.29. The maximum Gasteiger partial charge on any atom is 0.308 e. The molecule has 18 heavy (non-hydrogen) atoms. The van der Waals surface area contributed by atoms with E-state index in [4.69, 9.17) is 9.47 Å². The number of carbonyl (C=O) groups excluding carboxylic acids is 1. The highest BCUT2D eigenvalue weighted by molar-refractivity contribution is 7.90. The highest BCUT2D eigenvalue weighted by Gasteiger charge is 2.27. The Hall–Kier alpha value is -0.620. The molecule has 0 saturated heterocycles. The van der Waals surface area contributed by atoms with Crippen LogP contribution in [0.25, 0.3) is 0 Å². The first-order valence-corrected chi connectivity index (χ1v) is 8.35. The van der Waals surface area contributed by atoms with Crippen LogP contribution in [-0.4, -0.2) is 46.2 Å². The average Bonchev–Trinajstić information content (AvgIpc) is 2.33. The molecule has 5 nitrogen and oxygen atoms in total. The van der Waals surface area contributed by atoms with Crippen LogP contribution >= 0.6 is 0 Å². The largest absolute Gasteiger partial charge is 0.469 e. The zero-order valence-electron chi connectivity index (χ0n) is 11.1. The Labute approximate surface area is 109 Å². The van der Waals surface area contributed by atoms with Crippen molar-refractivity contribution in [2.75, 3.05) is 25.7 Å². The Morgan fingerprint density at radius 1 is 1.22 bits per heavy atom. The van der Waals surface area contributed by atoms with Gasteiger partial charge in [-0.1, -0.05) is 0 Å². The van der Waals surface area contributed by atoms with Crippen LogP contribution in [0.3, 0.4) is 0 Å². The molecule has 1 aliphatic carbocycles. The molecule has 0 aromatic carbocycles. The van der Waals surface area contributed by atoms with Crippen LogP contribution in [0.4, 0.5) is 0 Å². The van der Waals surface area contributed by atoms with Crippen molar-refractivity contribution in [3.63, 3.8) is 0 Å². The number of carbonyl (C=O) groups is 1. The summed E-state index contributed by atoms with van der Waals surface area (Å²) in [7, 11) is -1.48. The summed E-state index contributed by atoms with van der Waals surface area (Å²) in [5.41, 5.74) is 0. The van der Waals surface area contributed by atoms with Gasteiger partial charge in [-0.15, -0.1) is 0 Å². The van der Waals surface area contributed by atoms with E-state index < -0.39 is 9.84 Å². The minimum atomic E-state index is -2.89. The van der Waals surface area contributed by atoms with Crippen LogP contribution in [0, 0.1) is 5.92 Å². The number of hydrogen-bond acceptors (Lipinski definition) is 5. The second-order valence-corrected chi connectivity index (χ2v) is 7.11. The molecule has 0 unspecified atom stereocenters. The smallest absolute Gasteiger partial charge is 0.308 e. The van der Waals surface area contributed by atoms with Crippen molar-refractivity contribution >= 4 is 15.8 Å². The van der Waals surface area contributed by atoms with E-state index in [1.165, 1.54) is 13.4 Å². The highest BCUT2D eigenvalue weighted by atomic mass is 32.2. The maximum atomic E-state index is 11.3. The Kier molecular flexibility index (Phi) is 6.08. The molecule has 0 amide bonds. The van der Waals surface area contributed by atoms with Gasteiger partial charge in [0.1, 0.15) is 9.84 Å². The molecule has 0 aromatic rings. The molecule has 1 fully saturated rings. The molecule has 106 valence electrons. The van der Waals surface area contributed by atoms with E-state index in [9.17, 15) is 13.2 Å². The van der Waals surface area contributed by atoms with E-state index in [1.54, 1.807) is 0 Å². The third-order valence-corrected chi connectivity index (χ3v) is 4.25. The Morgan fingerprint density at radius 2 is 1.83 bits per heavy atom. The Morgan fingerprint density at radius 3 is 2.33 bits per heavy atom. The average molecular weight is 278 g/mol. The van der Waals surface area contributed by atoms with Crippen molar-refractivity contribution in [3.8, 4) is 0 Å². The number of hydrogen-bond donors (Lipinski definition) is 0. The Bertz CT molecular complexity index is 355. The van der Waals surface area contributed by atoms with Gasteiger partial charge in [0.2, 0.25) is 0 Å². The molecule has 1 rings (SSSR count). The fourth-order valence-electron chi connectivity index (χ4n) is 2.20. The van der Waals surface area contributed by atoms with Crippen LogP contribution in [0.1, 0.15) is 32.1 Å². The summed E-state index contributed by atoms with van der Waals surface area (Å²) in [4.78, 5) is 11.3. The molecule has 1 saturated carbocycles. The first kappa shape index (κ1) is 15.4. The monoisotopic (exact) mass is 278 g/mol. The topological polar surface area (TPSA) is 69.7 Å². The zero-order valence-corrected chi connectivity index (χ0v) is 11.9. The predicted molar refractivity (Wildman–Crippen MR) is 68.0 cm³/mol. The van der Waals surface area contributed by atoms with Crippen molar-refractivity contribution in [1.29, 1.82) is 0 Å². The molecule has 0 heterocycles. The summed E-state index contributed by atoms with van der Waals surface area (Å²) in [6.45, 7) is 0.473. The molecule has 0 radical (unpaired) electrons. The lowest BCUT2D eigenvalue weighted by Crippen LogP contribution is -2.27. The van der Waals surface area contributed by atoms with Crippen LogP contribution < -0.4 is 0 Å². The van der Waals surface area contributed by atoms with Gasteiger partial charge in [-0.3, -0.25) is 4.79 Å². The summed E-state index contributed by atoms with van der Waals surface area (Å²) < 4.78 is 32.2. The van der Waals surface area contributed by atoms with Gasteiger partial charge < -0.3 is 9.47 Å². The van der Waals surface area contributed by atoms with E-state index in [0.29, 0.717) is 13.0 Å².